The van der Waals surface area contributed by atoms with E-state index in [1.165, 1.54) is 10.7 Å². The van der Waals surface area contributed by atoms with E-state index >= 15 is 0 Å². The van der Waals surface area contributed by atoms with Crippen LogP contribution in [0.5, 0.6) is 0 Å². The SMILES string of the molecule is Cc1ccc(-n2ncccc2=O)c(Cl)c1. The zero-order valence-corrected chi connectivity index (χ0v) is 8.90. The molecule has 0 N–H and O–H groups in total. The summed E-state index contributed by atoms with van der Waals surface area (Å²) in [7, 11) is 0. The van der Waals surface area contributed by atoms with E-state index < -0.39 is 0 Å². The van der Waals surface area contributed by atoms with E-state index in [0.717, 1.165) is 5.56 Å². The van der Waals surface area contributed by atoms with Crippen molar-refractivity contribution < 1.29 is 0 Å². The van der Waals surface area contributed by atoms with Crippen molar-refractivity contribution in [2.75, 3.05) is 0 Å². The van der Waals surface area contributed by atoms with Gasteiger partial charge < -0.3 is 0 Å². The van der Waals surface area contributed by atoms with E-state index in [1.807, 2.05) is 13.0 Å². The average molecular weight is 221 g/mol. The van der Waals surface area contributed by atoms with Gasteiger partial charge in [-0.3, -0.25) is 4.79 Å². The Labute approximate surface area is 91.9 Å². The zero-order chi connectivity index (χ0) is 10.8. The van der Waals surface area contributed by atoms with Crippen molar-refractivity contribution in [2.24, 2.45) is 0 Å². The minimum Gasteiger partial charge on any atom is -0.267 e. The molecule has 1 heterocycles. The Morgan fingerprint density at radius 1 is 1.33 bits per heavy atom. The molecule has 2 rings (SSSR count). The summed E-state index contributed by atoms with van der Waals surface area (Å²) in [6.07, 6.45) is 1.55. The van der Waals surface area contributed by atoms with E-state index in [-0.39, 0.29) is 5.56 Å². The Balaban J connectivity index is 2.65. The van der Waals surface area contributed by atoms with Gasteiger partial charge in [0.05, 0.1) is 10.7 Å². The van der Waals surface area contributed by atoms with Crippen LogP contribution < -0.4 is 5.56 Å². The second-order valence-corrected chi connectivity index (χ2v) is 3.64. The number of hydrogen-bond donors (Lipinski definition) is 0. The molecule has 0 unspecified atom stereocenters. The van der Waals surface area contributed by atoms with Gasteiger partial charge in [0.15, 0.2) is 0 Å². The van der Waals surface area contributed by atoms with Crippen molar-refractivity contribution >= 4 is 11.6 Å². The van der Waals surface area contributed by atoms with Crippen molar-refractivity contribution in [1.29, 1.82) is 0 Å². The van der Waals surface area contributed by atoms with Gasteiger partial charge in [0, 0.05) is 12.3 Å². The number of rotatable bonds is 1. The van der Waals surface area contributed by atoms with Gasteiger partial charge >= 0.3 is 0 Å². The molecule has 15 heavy (non-hydrogen) atoms. The molecule has 1 aromatic heterocycles. The lowest BCUT2D eigenvalue weighted by molar-refractivity contribution is 0.807. The number of hydrogen-bond acceptors (Lipinski definition) is 2. The third kappa shape index (κ3) is 1.92. The first-order valence-corrected chi connectivity index (χ1v) is 4.87. The molecular formula is C11H9ClN2O. The molecule has 0 aliphatic carbocycles. The highest BCUT2D eigenvalue weighted by molar-refractivity contribution is 6.32. The van der Waals surface area contributed by atoms with Crippen LogP contribution in [0.1, 0.15) is 5.56 Å². The summed E-state index contributed by atoms with van der Waals surface area (Å²) in [5, 5.41) is 4.48. The second kappa shape index (κ2) is 3.87. The summed E-state index contributed by atoms with van der Waals surface area (Å²) < 4.78 is 1.28. The van der Waals surface area contributed by atoms with E-state index in [2.05, 4.69) is 5.10 Å². The van der Waals surface area contributed by atoms with E-state index in [4.69, 9.17) is 11.6 Å². The molecule has 76 valence electrons. The van der Waals surface area contributed by atoms with Crippen molar-refractivity contribution in [2.45, 2.75) is 6.92 Å². The predicted molar refractivity (Wildman–Crippen MR) is 59.6 cm³/mol. The Hall–Kier alpha value is -1.61. The molecule has 0 bridgehead atoms. The molecule has 0 fully saturated rings. The topological polar surface area (TPSA) is 34.9 Å². The Bertz CT molecular complexity index is 548. The van der Waals surface area contributed by atoms with E-state index in [0.29, 0.717) is 10.7 Å². The fourth-order valence-corrected chi connectivity index (χ4v) is 1.64. The fraction of sp³-hybridized carbons (Fsp3) is 0.0909. The lowest BCUT2D eigenvalue weighted by Gasteiger charge is -2.06. The van der Waals surface area contributed by atoms with Gasteiger partial charge in [-0.25, -0.2) is 0 Å². The molecule has 1 aromatic carbocycles. The first-order chi connectivity index (χ1) is 7.18. The summed E-state index contributed by atoms with van der Waals surface area (Å²) in [6.45, 7) is 1.94. The summed E-state index contributed by atoms with van der Waals surface area (Å²) in [5.74, 6) is 0. The quantitative estimate of drug-likeness (QED) is 0.739. The van der Waals surface area contributed by atoms with Crippen molar-refractivity contribution in [1.82, 2.24) is 9.78 Å². The molecule has 0 spiro atoms. The number of halogens is 1. The van der Waals surface area contributed by atoms with Crippen LogP contribution in [0.25, 0.3) is 5.69 Å². The van der Waals surface area contributed by atoms with Crippen LogP contribution in [-0.4, -0.2) is 9.78 Å². The van der Waals surface area contributed by atoms with Crippen LogP contribution in [0.4, 0.5) is 0 Å². The smallest absolute Gasteiger partial charge is 0.267 e. The van der Waals surface area contributed by atoms with Gasteiger partial charge in [-0.05, 0) is 30.7 Å². The highest BCUT2D eigenvalue weighted by atomic mass is 35.5. The van der Waals surface area contributed by atoms with Crippen LogP contribution in [-0.2, 0) is 0 Å². The van der Waals surface area contributed by atoms with Crippen LogP contribution in [0.2, 0.25) is 5.02 Å². The summed E-state index contributed by atoms with van der Waals surface area (Å²) in [5.41, 5.74) is 1.46. The third-order valence-electron chi connectivity index (χ3n) is 2.05. The molecule has 0 radical (unpaired) electrons. The minimum absolute atomic E-state index is 0.191. The number of aromatic nitrogens is 2. The first-order valence-electron chi connectivity index (χ1n) is 4.49. The number of nitrogens with zero attached hydrogens (tertiary/aromatic N) is 2. The van der Waals surface area contributed by atoms with Gasteiger partial charge in [-0.2, -0.15) is 9.78 Å². The molecule has 4 heteroatoms. The Morgan fingerprint density at radius 3 is 2.80 bits per heavy atom. The fourth-order valence-electron chi connectivity index (χ4n) is 1.32. The lowest BCUT2D eigenvalue weighted by atomic mass is 10.2. The summed E-state index contributed by atoms with van der Waals surface area (Å²) >= 11 is 6.04. The highest BCUT2D eigenvalue weighted by Gasteiger charge is 2.04. The molecule has 0 saturated carbocycles. The molecule has 0 amide bonds. The van der Waals surface area contributed by atoms with Gasteiger partial charge in [-0.15, -0.1) is 0 Å². The summed E-state index contributed by atoms with van der Waals surface area (Å²) in [6, 6.07) is 8.52. The van der Waals surface area contributed by atoms with E-state index in [1.54, 1.807) is 24.4 Å². The molecule has 0 aliphatic rings. The molecule has 0 atom stereocenters. The molecule has 2 aromatic rings. The minimum atomic E-state index is -0.191. The lowest BCUT2D eigenvalue weighted by Crippen LogP contribution is -2.19. The third-order valence-corrected chi connectivity index (χ3v) is 2.35. The standard InChI is InChI=1S/C11H9ClN2O/c1-8-4-5-10(9(12)7-8)14-11(15)3-2-6-13-14/h2-7H,1H3. The maximum absolute atomic E-state index is 11.5. The van der Waals surface area contributed by atoms with Gasteiger partial charge in [0.2, 0.25) is 0 Å². The van der Waals surface area contributed by atoms with Crippen molar-refractivity contribution in [3.8, 4) is 5.69 Å². The van der Waals surface area contributed by atoms with Crippen molar-refractivity contribution in [3.63, 3.8) is 0 Å². The van der Waals surface area contributed by atoms with Gasteiger partial charge in [0.25, 0.3) is 5.56 Å². The van der Waals surface area contributed by atoms with E-state index in [9.17, 15) is 4.79 Å². The molecule has 3 nitrogen and oxygen atoms in total. The Morgan fingerprint density at radius 2 is 2.13 bits per heavy atom. The van der Waals surface area contributed by atoms with Crippen LogP contribution in [0.15, 0.2) is 41.3 Å². The largest absolute Gasteiger partial charge is 0.271 e. The molecule has 0 aliphatic heterocycles. The Kier molecular flexibility index (Phi) is 2.56. The normalized spacial score (nSPS) is 10.3. The van der Waals surface area contributed by atoms with Crippen LogP contribution >= 0.6 is 11.6 Å². The first kappa shape index (κ1) is 9.93. The zero-order valence-electron chi connectivity index (χ0n) is 8.14. The molecule has 0 saturated heterocycles. The molecular weight excluding hydrogens is 212 g/mol. The van der Waals surface area contributed by atoms with Crippen molar-refractivity contribution in [3.05, 3.63) is 57.5 Å². The van der Waals surface area contributed by atoms with Gasteiger partial charge in [-0.1, -0.05) is 17.7 Å². The second-order valence-electron chi connectivity index (χ2n) is 3.23. The highest BCUT2D eigenvalue weighted by Crippen LogP contribution is 2.19. The maximum atomic E-state index is 11.5. The number of aryl methyl sites for hydroxylation is 1. The predicted octanol–water partition coefficient (Wildman–Crippen LogP) is 2.19. The monoisotopic (exact) mass is 220 g/mol. The summed E-state index contributed by atoms with van der Waals surface area (Å²) in [4.78, 5) is 11.5. The van der Waals surface area contributed by atoms with Crippen LogP contribution in [0, 0.1) is 6.92 Å². The number of benzene rings is 1. The maximum Gasteiger partial charge on any atom is 0.271 e. The van der Waals surface area contributed by atoms with Crippen LogP contribution in [0.3, 0.4) is 0 Å². The average Bonchev–Trinajstić information content (AvgIpc) is 2.20. The van der Waals surface area contributed by atoms with Gasteiger partial charge in [0.1, 0.15) is 0 Å².